The summed E-state index contributed by atoms with van der Waals surface area (Å²) in [6, 6.07) is 7.66. The molecule has 0 radical (unpaired) electrons. The lowest BCUT2D eigenvalue weighted by Crippen LogP contribution is -2.38. The molecule has 3 N–H and O–H groups in total. The van der Waals surface area contributed by atoms with Crippen LogP contribution in [0.2, 0.25) is 0 Å². The van der Waals surface area contributed by atoms with Crippen molar-refractivity contribution < 1.29 is 8.42 Å². The summed E-state index contributed by atoms with van der Waals surface area (Å²) < 4.78 is 26.8. The molecular weight excluding hydrogens is 292 g/mol. The topological polar surface area (TPSA) is 72.2 Å². The van der Waals surface area contributed by atoms with E-state index in [0.717, 1.165) is 30.6 Å². The Hall–Kier alpha value is -0.720. The second kappa shape index (κ2) is 7.33. The van der Waals surface area contributed by atoms with E-state index in [1.54, 1.807) is 0 Å². The van der Waals surface area contributed by atoms with E-state index in [0.29, 0.717) is 11.4 Å². The number of hydrogen-bond donors (Lipinski definition) is 2. The molecule has 20 heavy (non-hydrogen) atoms. The van der Waals surface area contributed by atoms with E-state index < -0.39 is 10.0 Å². The minimum atomic E-state index is -3.16. The number of sulfonamides is 1. The Labute approximate surface area is 125 Å². The zero-order chi connectivity index (χ0) is 14.4. The molecule has 0 spiro atoms. The number of anilines is 1. The van der Waals surface area contributed by atoms with Gasteiger partial charge < -0.3 is 5.73 Å². The van der Waals surface area contributed by atoms with Crippen LogP contribution in [0.1, 0.15) is 32.1 Å². The highest BCUT2D eigenvalue weighted by atomic mass is 32.2. The van der Waals surface area contributed by atoms with Crippen LogP contribution in [0.25, 0.3) is 0 Å². The molecule has 0 aromatic heterocycles. The van der Waals surface area contributed by atoms with Crippen molar-refractivity contribution >= 4 is 27.5 Å². The summed E-state index contributed by atoms with van der Waals surface area (Å²) in [5.41, 5.74) is 6.40. The average molecular weight is 314 g/mol. The molecule has 112 valence electrons. The molecule has 1 aliphatic carbocycles. The standard InChI is InChI=1S/C14H22N2O2S2/c15-12-5-4-8-14(11-12)19-9-10-20(17,18)16-13-6-2-1-3-7-13/h4-5,8,11,13,16H,1-3,6-7,9-10,15H2. The Balaban J connectivity index is 1.77. The number of rotatable bonds is 6. The zero-order valence-corrected chi connectivity index (χ0v) is 13.2. The summed E-state index contributed by atoms with van der Waals surface area (Å²) in [6.45, 7) is 0. The molecule has 1 aromatic rings. The van der Waals surface area contributed by atoms with Crippen LogP contribution in [0, 0.1) is 0 Å². The van der Waals surface area contributed by atoms with Crippen LogP contribution in [0.3, 0.4) is 0 Å². The molecule has 1 aliphatic rings. The van der Waals surface area contributed by atoms with Crippen molar-refractivity contribution in [3.8, 4) is 0 Å². The van der Waals surface area contributed by atoms with Gasteiger partial charge in [-0.2, -0.15) is 0 Å². The van der Waals surface area contributed by atoms with Gasteiger partial charge in [-0.1, -0.05) is 25.3 Å². The Morgan fingerprint density at radius 1 is 1.25 bits per heavy atom. The summed E-state index contributed by atoms with van der Waals surface area (Å²) in [5.74, 6) is 0.703. The van der Waals surface area contributed by atoms with E-state index in [-0.39, 0.29) is 11.8 Å². The molecule has 1 saturated carbocycles. The second-order valence-corrected chi connectivity index (χ2v) is 8.23. The van der Waals surface area contributed by atoms with Crippen molar-refractivity contribution in [2.45, 2.75) is 43.0 Å². The maximum atomic E-state index is 12.0. The normalized spacial score (nSPS) is 17.2. The highest BCUT2D eigenvalue weighted by Crippen LogP contribution is 2.21. The quantitative estimate of drug-likeness (QED) is 0.625. The number of benzene rings is 1. The molecular formula is C14H22N2O2S2. The first-order valence-electron chi connectivity index (χ1n) is 7.03. The Morgan fingerprint density at radius 3 is 2.70 bits per heavy atom. The van der Waals surface area contributed by atoms with Crippen molar-refractivity contribution in [2.24, 2.45) is 0 Å². The van der Waals surface area contributed by atoms with Gasteiger partial charge in [0.05, 0.1) is 5.75 Å². The first kappa shape index (κ1) is 15.7. The first-order valence-corrected chi connectivity index (χ1v) is 9.67. The Bertz CT molecular complexity index is 526. The fourth-order valence-corrected chi connectivity index (χ4v) is 5.11. The molecule has 4 nitrogen and oxygen atoms in total. The van der Waals surface area contributed by atoms with E-state index in [2.05, 4.69) is 4.72 Å². The number of nitrogens with one attached hydrogen (secondary N) is 1. The minimum absolute atomic E-state index is 0.145. The molecule has 0 aliphatic heterocycles. The van der Waals surface area contributed by atoms with Crippen molar-refractivity contribution in [3.05, 3.63) is 24.3 Å². The van der Waals surface area contributed by atoms with E-state index in [1.165, 1.54) is 18.2 Å². The van der Waals surface area contributed by atoms with Gasteiger partial charge in [0.15, 0.2) is 0 Å². The molecule has 0 atom stereocenters. The van der Waals surface area contributed by atoms with Gasteiger partial charge in [-0.25, -0.2) is 13.1 Å². The van der Waals surface area contributed by atoms with Gasteiger partial charge >= 0.3 is 0 Å². The third-order valence-electron chi connectivity index (χ3n) is 3.43. The highest BCUT2D eigenvalue weighted by molar-refractivity contribution is 8.00. The van der Waals surface area contributed by atoms with E-state index in [9.17, 15) is 8.42 Å². The largest absolute Gasteiger partial charge is 0.399 e. The summed E-state index contributed by atoms with van der Waals surface area (Å²) in [6.07, 6.45) is 5.43. The van der Waals surface area contributed by atoms with Gasteiger partial charge in [-0.3, -0.25) is 0 Å². The minimum Gasteiger partial charge on any atom is -0.399 e. The SMILES string of the molecule is Nc1cccc(SCCS(=O)(=O)NC2CCCCC2)c1. The van der Waals surface area contributed by atoms with Crippen LogP contribution < -0.4 is 10.5 Å². The van der Waals surface area contributed by atoms with Gasteiger partial charge in [-0.15, -0.1) is 11.8 Å². The monoisotopic (exact) mass is 314 g/mol. The summed E-state index contributed by atoms with van der Waals surface area (Å²) in [4.78, 5) is 1.01. The molecule has 0 amide bonds. The van der Waals surface area contributed by atoms with Crippen molar-refractivity contribution in [2.75, 3.05) is 17.2 Å². The van der Waals surface area contributed by atoms with Gasteiger partial charge in [0, 0.05) is 22.4 Å². The van der Waals surface area contributed by atoms with Crippen molar-refractivity contribution in [3.63, 3.8) is 0 Å². The Kier molecular flexibility index (Phi) is 5.74. The van der Waals surface area contributed by atoms with Crippen LogP contribution >= 0.6 is 11.8 Å². The lowest BCUT2D eigenvalue weighted by Gasteiger charge is -2.22. The molecule has 1 aromatic carbocycles. The lowest BCUT2D eigenvalue weighted by atomic mass is 9.96. The van der Waals surface area contributed by atoms with Crippen molar-refractivity contribution in [1.29, 1.82) is 0 Å². The molecule has 0 bridgehead atoms. The molecule has 0 heterocycles. The number of nitrogens with two attached hydrogens (primary N) is 1. The average Bonchev–Trinajstić information content (AvgIpc) is 2.39. The van der Waals surface area contributed by atoms with Crippen molar-refractivity contribution in [1.82, 2.24) is 4.72 Å². The smallest absolute Gasteiger partial charge is 0.212 e. The summed E-state index contributed by atoms with van der Waals surface area (Å²) in [5, 5.41) is 0. The fraction of sp³-hybridized carbons (Fsp3) is 0.571. The maximum Gasteiger partial charge on any atom is 0.212 e. The number of thioether (sulfide) groups is 1. The highest BCUT2D eigenvalue weighted by Gasteiger charge is 2.19. The predicted octanol–water partition coefficient (Wildman–Crippen LogP) is 2.61. The van der Waals surface area contributed by atoms with Crippen LogP contribution in [0.4, 0.5) is 5.69 Å². The maximum absolute atomic E-state index is 12.0. The molecule has 6 heteroatoms. The van der Waals surface area contributed by atoms with Crippen LogP contribution in [-0.2, 0) is 10.0 Å². The molecule has 1 fully saturated rings. The van der Waals surface area contributed by atoms with E-state index >= 15 is 0 Å². The number of nitrogen functional groups attached to an aromatic ring is 1. The summed E-state index contributed by atoms with van der Waals surface area (Å²) in [7, 11) is -3.16. The lowest BCUT2D eigenvalue weighted by molar-refractivity contribution is 0.412. The van der Waals surface area contributed by atoms with Gasteiger partial charge in [0.25, 0.3) is 0 Å². The number of hydrogen-bond acceptors (Lipinski definition) is 4. The van der Waals surface area contributed by atoms with Gasteiger partial charge in [-0.05, 0) is 31.0 Å². The van der Waals surface area contributed by atoms with Crippen LogP contribution in [0.5, 0.6) is 0 Å². The van der Waals surface area contributed by atoms with Gasteiger partial charge in [0.2, 0.25) is 10.0 Å². The van der Waals surface area contributed by atoms with Gasteiger partial charge in [0.1, 0.15) is 0 Å². The second-order valence-electron chi connectivity index (χ2n) is 5.19. The fourth-order valence-electron chi connectivity index (χ4n) is 2.41. The molecule has 2 rings (SSSR count). The Morgan fingerprint density at radius 2 is 2.00 bits per heavy atom. The van der Waals surface area contributed by atoms with E-state index in [1.807, 2.05) is 24.3 Å². The predicted molar refractivity (Wildman–Crippen MR) is 85.4 cm³/mol. The third-order valence-corrected chi connectivity index (χ3v) is 6.12. The van der Waals surface area contributed by atoms with E-state index in [4.69, 9.17) is 5.73 Å². The first-order chi connectivity index (χ1) is 9.55. The molecule has 0 unspecified atom stereocenters. The molecule has 0 saturated heterocycles. The van der Waals surface area contributed by atoms with Crippen LogP contribution in [0.15, 0.2) is 29.2 Å². The zero-order valence-electron chi connectivity index (χ0n) is 11.5. The summed E-state index contributed by atoms with van der Waals surface area (Å²) >= 11 is 1.52. The van der Waals surface area contributed by atoms with Crippen LogP contribution in [-0.4, -0.2) is 26.0 Å². The third kappa shape index (κ3) is 5.34.